The third-order valence-corrected chi connectivity index (χ3v) is 4.73. The average Bonchev–Trinajstić information content (AvgIpc) is 2.38. The molecule has 5 nitrogen and oxygen atoms in total. The quantitative estimate of drug-likeness (QED) is 0.664. The summed E-state index contributed by atoms with van der Waals surface area (Å²) in [6.45, 7) is 3.86. The van der Waals surface area contributed by atoms with Crippen molar-refractivity contribution in [2.24, 2.45) is 5.41 Å². The molecule has 1 rings (SSSR count). The van der Waals surface area contributed by atoms with Crippen LogP contribution in [0.5, 0.6) is 0 Å². The maximum Gasteiger partial charge on any atom is 0.243 e. The molecule has 0 spiro atoms. The van der Waals surface area contributed by atoms with E-state index in [0.717, 1.165) is 12.1 Å². The normalized spacial score (nSPS) is 12.6. The summed E-state index contributed by atoms with van der Waals surface area (Å²) in [7, 11) is -4.05. The molecule has 0 bridgehead atoms. The van der Waals surface area contributed by atoms with Crippen LogP contribution in [0.25, 0.3) is 0 Å². The molecule has 0 saturated heterocycles. The van der Waals surface area contributed by atoms with Gasteiger partial charge in [0.2, 0.25) is 10.0 Å². The SMILES string of the molecule is CC(C)(CCCO)CNS(=O)(=O)c1cc(N)cc(Cl)c1F. The Bertz CT molecular complexity index is 606. The van der Waals surface area contributed by atoms with Gasteiger partial charge in [0.1, 0.15) is 4.90 Å². The predicted molar refractivity (Wildman–Crippen MR) is 81.1 cm³/mol. The van der Waals surface area contributed by atoms with Crippen molar-refractivity contribution in [2.75, 3.05) is 18.9 Å². The minimum atomic E-state index is -4.05. The largest absolute Gasteiger partial charge is 0.399 e. The molecule has 0 radical (unpaired) electrons. The molecule has 0 saturated carbocycles. The number of hydrogen-bond donors (Lipinski definition) is 3. The van der Waals surface area contributed by atoms with E-state index in [1.165, 1.54) is 0 Å². The Balaban J connectivity index is 2.93. The number of aliphatic hydroxyl groups is 1. The molecule has 0 aliphatic carbocycles. The first kappa shape index (κ1) is 18.2. The highest BCUT2D eigenvalue weighted by Gasteiger charge is 2.25. The summed E-state index contributed by atoms with van der Waals surface area (Å²) in [4.78, 5) is -0.564. The Hall–Kier alpha value is -0.890. The van der Waals surface area contributed by atoms with Crippen molar-refractivity contribution in [3.8, 4) is 0 Å². The summed E-state index contributed by atoms with van der Waals surface area (Å²) in [6, 6.07) is 2.19. The monoisotopic (exact) mass is 338 g/mol. The van der Waals surface area contributed by atoms with Crippen LogP contribution >= 0.6 is 11.6 Å². The lowest BCUT2D eigenvalue weighted by Gasteiger charge is -2.24. The van der Waals surface area contributed by atoms with E-state index in [1.54, 1.807) is 0 Å². The Kier molecular flexibility index (Phi) is 5.98. The first-order chi connectivity index (χ1) is 9.59. The highest BCUT2D eigenvalue weighted by molar-refractivity contribution is 7.89. The summed E-state index contributed by atoms with van der Waals surface area (Å²) >= 11 is 5.61. The smallest absolute Gasteiger partial charge is 0.243 e. The molecule has 4 N–H and O–H groups in total. The molecule has 1 aromatic rings. The van der Waals surface area contributed by atoms with Gasteiger partial charge in [0.25, 0.3) is 0 Å². The Morgan fingerprint density at radius 1 is 1.43 bits per heavy atom. The van der Waals surface area contributed by atoms with Crippen LogP contribution in [0.4, 0.5) is 10.1 Å². The zero-order chi connectivity index (χ0) is 16.3. The van der Waals surface area contributed by atoms with E-state index >= 15 is 0 Å². The third-order valence-electron chi connectivity index (χ3n) is 3.06. The number of hydrogen-bond acceptors (Lipinski definition) is 4. The second kappa shape index (κ2) is 6.91. The van der Waals surface area contributed by atoms with Crippen LogP contribution in [0, 0.1) is 11.2 Å². The summed E-state index contributed by atoms with van der Waals surface area (Å²) in [5, 5.41) is 8.48. The van der Waals surface area contributed by atoms with Crippen molar-refractivity contribution >= 4 is 27.3 Å². The van der Waals surface area contributed by atoms with Gasteiger partial charge in [-0.2, -0.15) is 0 Å². The molecule has 120 valence electrons. The van der Waals surface area contributed by atoms with Crippen LogP contribution in [-0.4, -0.2) is 26.7 Å². The fourth-order valence-corrected chi connectivity index (χ4v) is 3.45. The van der Waals surface area contributed by atoms with Crippen LogP contribution < -0.4 is 10.5 Å². The summed E-state index contributed by atoms with van der Waals surface area (Å²) < 4.78 is 40.5. The highest BCUT2D eigenvalue weighted by atomic mass is 35.5. The van der Waals surface area contributed by atoms with E-state index in [2.05, 4.69) is 4.72 Å². The first-order valence-electron chi connectivity index (χ1n) is 6.44. The van der Waals surface area contributed by atoms with Gasteiger partial charge in [-0.25, -0.2) is 17.5 Å². The topological polar surface area (TPSA) is 92.4 Å². The molecule has 0 aliphatic rings. The number of nitrogens with one attached hydrogen (secondary N) is 1. The number of aliphatic hydroxyl groups excluding tert-OH is 1. The molecular formula is C13H20ClFN2O3S. The molecule has 0 aromatic heterocycles. The number of nitrogens with two attached hydrogens (primary N) is 1. The van der Waals surface area contributed by atoms with Crippen LogP contribution in [0.3, 0.4) is 0 Å². The lowest BCUT2D eigenvalue weighted by molar-refractivity contribution is 0.242. The zero-order valence-electron chi connectivity index (χ0n) is 12.0. The van der Waals surface area contributed by atoms with Crippen molar-refractivity contribution in [1.82, 2.24) is 4.72 Å². The van der Waals surface area contributed by atoms with Gasteiger partial charge in [0.05, 0.1) is 5.02 Å². The van der Waals surface area contributed by atoms with Crippen molar-refractivity contribution in [3.63, 3.8) is 0 Å². The molecular weight excluding hydrogens is 319 g/mol. The van der Waals surface area contributed by atoms with Crippen molar-refractivity contribution < 1.29 is 17.9 Å². The van der Waals surface area contributed by atoms with Crippen molar-refractivity contribution in [2.45, 2.75) is 31.6 Å². The lowest BCUT2D eigenvalue weighted by atomic mass is 9.88. The van der Waals surface area contributed by atoms with Crippen molar-refractivity contribution in [3.05, 3.63) is 23.0 Å². The van der Waals surface area contributed by atoms with Gasteiger partial charge in [-0.05, 0) is 30.4 Å². The maximum absolute atomic E-state index is 13.9. The summed E-state index contributed by atoms with van der Waals surface area (Å²) in [5.74, 6) is -1.02. The zero-order valence-corrected chi connectivity index (χ0v) is 13.6. The molecule has 0 heterocycles. The van der Waals surface area contributed by atoms with E-state index in [0.29, 0.717) is 12.8 Å². The molecule has 21 heavy (non-hydrogen) atoms. The van der Waals surface area contributed by atoms with Crippen molar-refractivity contribution in [1.29, 1.82) is 0 Å². The van der Waals surface area contributed by atoms with Gasteiger partial charge in [-0.1, -0.05) is 25.4 Å². The van der Waals surface area contributed by atoms with Gasteiger partial charge < -0.3 is 10.8 Å². The fraction of sp³-hybridized carbons (Fsp3) is 0.538. The van der Waals surface area contributed by atoms with E-state index in [4.69, 9.17) is 22.4 Å². The molecule has 1 aromatic carbocycles. The Labute approximate surface area is 129 Å². The van der Waals surface area contributed by atoms with Gasteiger partial charge in [-0.15, -0.1) is 0 Å². The molecule has 0 unspecified atom stereocenters. The van der Waals surface area contributed by atoms with Crippen LogP contribution in [0.15, 0.2) is 17.0 Å². The van der Waals surface area contributed by atoms with E-state index in [1.807, 2.05) is 13.8 Å². The van der Waals surface area contributed by atoms with Gasteiger partial charge in [-0.3, -0.25) is 0 Å². The number of nitrogen functional groups attached to an aromatic ring is 1. The van der Waals surface area contributed by atoms with Crippen LogP contribution in [0.2, 0.25) is 5.02 Å². The number of rotatable bonds is 7. The predicted octanol–water partition coefficient (Wildman–Crippen LogP) is 2.14. The van der Waals surface area contributed by atoms with E-state index in [-0.39, 0.29) is 29.3 Å². The number of halogens is 2. The standard InChI is InChI=1S/C13H20ClFN2O3S/c1-13(2,4-3-5-18)8-17-21(19,20)11-7-9(16)6-10(14)12(11)15/h6-7,17-18H,3-5,8,16H2,1-2H3. The van der Waals surface area contributed by atoms with Crippen LogP contribution in [0.1, 0.15) is 26.7 Å². The average molecular weight is 339 g/mol. The maximum atomic E-state index is 13.9. The lowest BCUT2D eigenvalue weighted by Crippen LogP contribution is -2.34. The second-order valence-corrected chi connectivity index (χ2v) is 7.77. The minimum Gasteiger partial charge on any atom is -0.399 e. The summed E-state index contributed by atoms with van der Waals surface area (Å²) in [5.41, 5.74) is 5.21. The Morgan fingerprint density at radius 2 is 2.05 bits per heavy atom. The van der Waals surface area contributed by atoms with Gasteiger partial charge in [0, 0.05) is 18.8 Å². The number of anilines is 1. The van der Waals surface area contributed by atoms with Gasteiger partial charge in [0.15, 0.2) is 5.82 Å². The van der Waals surface area contributed by atoms with E-state index < -0.39 is 20.7 Å². The molecule has 8 heteroatoms. The van der Waals surface area contributed by atoms with Gasteiger partial charge >= 0.3 is 0 Å². The number of benzene rings is 1. The molecule has 0 amide bonds. The third kappa shape index (κ3) is 5.10. The minimum absolute atomic E-state index is 0.0373. The molecule has 0 fully saturated rings. The first-order valence-corrected chi connectivity index (χ1v) is 8.30. The summed E-state index contributed by atoms with van der Waals surface area (Å²) in [6.07, 6.45) is 1.19. The van der Waals surface area contributed by atoms with Crippen LogP contribution in [-0.2, 0) is 10.0 Å². The highest BCUT2D eigenvalue weighted by Crippen LogP contribution is 2.27. The van der Waals surface area contributed by atoms with E-state index in [9.17, 15) is 12.8 Å². The molecule has 0 aliphatic heterocycles. The molecule has 0 atom stereocenters. The number of sulfonamides is 1. The Morgan fingerprint density at radius 3 is 2.62 bits per heavy atom. The fourth-order valence-electron chi connectivity index (χ4n) is 1.79. The second-order valence-electron chi connectivity index (χ2n) is 5.63.